The molecule has 2 rings (SSSR count). The molecule has 2 aliphatic rings. The van der Waals surface area contributed by atoms with Crippen LogP contribution in [-0.4, -0.2) is 72.3 Å². The van der Waals surface area contributed by atoms with Gasteiger partial charge in [0.05, 0.1) is 6.54 Å². The molecule has 0 spiro atoms. The summed E-state index contributed by atoms with van der Waals surface area (Å²) in [6.07, 6.45) is 4.17. The number of carbonyl (C=O) groups is 2. The Bertz CT molecular complexity index is 357. The number of piperidine rings is 1. The van der Waals surface area contributed by atoms with Crippen molar-refractivity contribution in [2.24, 2.45) is 5.92 Å². The first-order valence-electron chi connectivity index (χ1n) is 8.34. The van der Waals surface area contributed by atoms with Crippen LogP contribution in [0, 0.1) is 5.92 Å². The average molecular weight is 295 g/mol. The molecule has 0 bridgehead atoms. The first-order chi connectivity index (χ1) is 10.1. The quantitative estimate of drug-likeness (QED) is 0.782. The Morgan fingerprint density at radius 1 is 0.810 bits per heavy atom. The van der Waals surface area contributed by atoms with Crippen LogP contribution in [0.25, 0.3) is 0 Å². The summed E-state index contributed by atoms with van der Waals surface area (Å²) in [5, 5.41) is 0. The van der Waals surface area contributed by atoms with E-state index in [1.165, 1.54) is 6.42 Å². The number of nitrogens with zero attached hydrogens (tertiary/aromatic N) is 3. The van der Waals surface area contributed by atoms with Gasteiger partial charge in [-0.3, -0.25) is 14.5 Å². The molecule has 0 radical (unpaired) electrons. The molecule has 2 heterocycles. The van der Waals surface area contributed by atoms with Crippen molar-refractivity contribution in [3.8, 4) is 0 Å². The molecule has 21 heavy (non-hydrogen) atoms. The van der Waals surface area contributed by atoms with Crippen molar-refractivity contribution in [3.63, 3.8) is 0 Å². The predicted octanol–water partition coefficient (Wildman–Crippen LogP) is 1.19. The Kier molecular flexibility index (Phi) is 6.03. The smallest absolute Gasteiger partial charge is 0.236 e. The molecule has 0 aromatic rings. The summed E-state index contributed by atoms with van der Waals surface area (Å²) in [6, 6.07) is 0. The lowest BCUT2D eigenvalue weighted by Crippen LogP contribution is -2.52. The molecule has 2 aliphatic heterocycles. The molecule has 0 aromatic carbocycles. The molecule has 2 saturated heterocycles. The third-order valence-electron chi connectivity index (χ3n) is 4.38. The van der Waals surface area contributed by atoms with Gasteiger partial charge in [0.2, 0.25) is 11.8 Å². The van der Waals surface area contributed by atoms with Crippen LogP contribution in [-0.2, 0) is 9.59 Å². The van der Waals surface area contributed by atoms with Gasteiger partial charge in [0, 0.05) is 45.7 Å². The molecular formula is C16H29N3O2. The normalized spacial score (nSPS) is 20.9. The molecule has 0 unspecified atom stereocenters. The minimum atomic E-state index is 0.256. The first-order valence-corrected chi connectivity index (χ1v) is 8.34. The highest BCUT2D eigenvalue weighted by Crippen LogP contribution is 2.11. The van der Waals surface area contributed by atoms with Gasteiger partial charge in [-0.05, 0) is 25.2 Å². The van der Waals surface area contributed by atoms with Gasteiger partial charge in [-0.1, -0.05) is 13.8 Å². The molecular weight excluding hydrogens is 266 g/mol. The highest BCUT2D eigenvalue weighted by Gasteiger charge is 2.24. The van der Waals surface area contributed by atoms with Crippen molar-refractivity contribution < 1.29 is 9.59 Å². The number of likely N-dealkylation sites (tertiary alicyclic amines) is 1. The van der Waals surface area contributed by atoms with E-state index >= 15 is 0 Å². The van der Waals surface area contributed by atoms with Crippen LogP contribution in [0.2, 0.25) is 0 Å². The summed E-state index contributed by atoms with van der Waals surface area (Å²) in [5.74, 6) is 0.930. The van der Waals surface area contributed by atoms with Crippen LogP contribution in [0.4, 0.5) is 0 Å². The van der Waals surface area contributed by atoms with Gasteiger partial charge < -0.3 is 9.80 Å². The van der Waals surface area contributed by atoms with Crippen molar-refractivity contribution in [1.82, 2.24) is 14.7 Å². The van der Waals surface area contributed by atoms with E-state index in [2.05, 4.69) is 18.7 Å². The van der Waals surface area contributed by atoms with E-state index in [0.717, 1.165) is 52.1 Å². The molecule has 120 valence electrons. The van der Waals surface area contributed by atoms with E-state index in [1.807, 2.05) is 9.80 Å². The zero-order valence-corrected chi connectivity index (χ0v) is 13.5. The minimum absolute atomic E-state index is 0.256. The number of carbonyl (C=O) groups excluding carboxylic acids is 2. The van der Waals surface area contributed by atoms with Crippen molar-refractivity contribution in [2.75, 3.05) is 45.8 Å². The van der Waals surface area contributed by atoms with Gasteiger partial charge in [0.1, 0.15) is 0 Å². The first kappa shape index (κ1) is 16.3. The van der Waals surface area contributed by atoms with Crippen LogP contribution in [0.1, 0.15) is 39.5 Å². The Labute approximate surface area is 128 Å². The van der Waals surface area contributed by atoms with E-state index in [1.54, 1.807) is 0 Å². The maximum Gasteiger partial charge on any atom is 0.236 e. The second kappa shape index (κ2) is 7.78. The molecule has 0 N–H and O–H groups in total. The standard InChI is InChI=1S/C16H29N3O2/c1-14(2)12-15(20)19-10-8-17(9-11-19)13-16(21)18-6-4-3-5-7-18/h14H,3-13H2,1-2H3. The van der Waals surface area contributed by atoms with Gasteiger partial charge in [0.25, 0.3) is 0 Å². The van der Waals surface area contributed by atoms with Crippen molar-refractivity contribution in [3.05, 3.63) is 0 Å². The maximum atomic E-state index is 12.2. The fourth-order valence-corrected chi connectivity index (χ4v) is 3.07. The number of hydrogen-bond acceptors (Lipinski definition) is 3. The molecule has 0 aromatic heterocycles. The summed E-state index contributed by atoms with van der Waals surface area (Å²) in [5.41, 5.74) is 0. The van der Waals surface area contributed by atoms with E-state index in [4.69, 9.17) is 0 Å². The molecule has 0 saturated carbocycles. The van der Waals surface area contributed by atoms with Crippen molar-refractivity contribution in [2.45, 2.75) is 39.5 Å². The molecule has 5 nitrogen and oxygen atoms in total. The zero-order chi connectivity index (χ0) is 15.2. The third kappa shape index (κ3) is 4.99. The average Bonchev–Trinajstić information content (AvgIpc) is 2.48. The number of hydrogen-bond donors (Lipinski definition) is 0. The zero-order valence-electron chi connectivity index (χ0n) is 13.5. The highest BCUT2D eigenvalue weighted by molar-refractivity contribution is 5.78. The predicted molar refractivity (Wildman–Crippen MR) is 82.9 cm³/mol. The van der Waals surface area contributed by atoms with Gasteiger partial charge >= 0.3 is 0 Å². The molecule has 2 amide bonds. The molecule has 5 heteroatoms. The van der Waals surface area contributed by atoms with Crippen molar-refractivity contribution >= 4 is 11.8 Å². The van der Waals surface area contributed by atoms with Crippen LogP contribution >= 0.6 is 0 Å². The summed E-state index contributed by atoms with van der Waals surface area (Å²) >= 11 is 0. The SMILES string of the molecule is CC(C)CC(=O)N1CCN(CC(=O)N2CCCCC2)CC1. The monoisotopic (exact) mass is 295 g/mol. The summed E-state index contributed by atoms with van der Waals surface area (Å²) < 4.78 is 0. The van der Waals surface area contributed by atoms with Crippen LogP contribution in [0.5, 0.6) is 0 Å². The maximum absolute atomic E-state index is 12.2. The number of rotatable bonds is 4. The summed E-state index contributed by atoms with van der Waals surface area (Å²) in [4.78, 5) is 30.4. The van der Waals surface area contributed by atoms with Crippen LogP contribution in [0.3, 0.4) is 0 Å². The Morgan fingerprint density at radius 2 is 1.38 bits per heavy atom. The second-order valence-corrected chi connectivity index (χ2v) is 6.70. The van der Waals surface area contributed by atoms with E-state index in [-0.39, 0.29) is 11.8 Å². The third-order valence-corrected chi connectivity index (χ3v) is 4.38. The second-order valence-electron chi connectivity index (χ2n) is 6.70. The lowest BCUT2D eigenvalue weighted by molar-refractivity contribution is -0.136. The molecule has 2 fully saturated rings. The molecule has 0 atom stereocenters. The Morgan fingerprint density at radius 3 is 1.95 bits per heavy atom. The van der Waals surface area contributed by atoms with Gasteiger partial charge in [-0.2, -0.15) is 0 Å². The number of amides is 2. The van der Waals surface area contributed by atoms with E-state index in [9.17, 15) is 9.59 Å². The van der Waals surface area contributed by atoms with Crippen molar-refractivity contribution in [1.29, 1.82) is 0 Å². The summed E-state index contributed by atoms with van der Waals surface area (Å²) in [6.45, 7) is 9.69. The Hall–Kier alpha value is -1.10. The van der Waals surface area contributed by atoms with Gasteiger partial charge in [-0.15, -0.1) is 0 Å². The fourth-order valence-electron chi connectivity index (χ4n) is 3.07. The van der Waals surface area contributed by atoms with E-state index in [0.29, 0.717) is 18.9 Å². The topological polar surface area (TPSA) is 43.9 Å². The number of piperazine rings is 1. The summed E-state index contributed by atoms with van der Waals surface area (Å²) in [7, 11) is 0. The highest BCUT2D eigenvalue weighted by atomic mass is 16.2. The largest absolute Gasteiger partial charge is 0.342 e. The fraction of sp³-hybridized carbons (Fsp3) is 0.875. The van der Waals surface area contributed by atoms with Gasteiger partial charge in [-0.25, -0.2) is 0 Å². The Balaban J connectivity index is 1.71. The minimum Gasteiger partial charge on any atom is -0.342 e. The lowest BCUT2D eigenvalue weighted by Gasteiger charge is -2.36. The van der Waals surface area contributed by atoms with Crippen LogP contribution < -0.4 is 0 Å². The van der Waals surface area contributed by atoms with E-state index < -0.39 is 0 Å². The van der Waals surface area contributed by atoms with Crippen LogP contribution in [0.15, 0.2) is 0 Å². The van der Waals surface area contributed by atoms with Gasteiger partial charge in [0.15, 0.2) is 0 Å². The lowest BCUT2D eigenvalue weighted by atomic mass is 10.1. The molecule has 0 aliphatic carbocycles.